The summed E-state index contributed by atoms with van der Waals surface area (Å²) in [5.74, 6) is -1.01. The molecule has 86 valence electrons. The molecular weight excluding hydrogens is 230 g/mol. The Labute approximate surface area is 97.2 Å². The van der Waals surface area contributed by atoms with E-state index < -0.39 is 17.4 Å². The summed E-state index contributed by atoms with van der Waals surface area (Å²) < 4.78 is 26.8. The minimum atomic E-state index is -0.754. The molecule has 1 nitrogen and oxygen atoms in total. The van der Waals surface area contributed by atoms with Crippen LogP contribution in [0.1, 0.15) is 29.6 Å². The van der Waals surface area contributed by atoms with E-state index in [4.69, 9.17) is 0 Å². The monoisotopic (exact) mass is 242 g/mol. The average molecular weight is 242 g/mol. The van der Waals surface area contributed by atoms with Gasteiger partial charge in [0.05, 0.1) is 10.8 Å². The summed E-state index contributed by atoms with van der Waals surface area (Å²) in [6.07, 6.45) is 2.75. The molecular formula is C12H12F2OS. The van der Waals surface area contributed by atoms with Crippen LogP contribution in [0.5, 0.6) is 0 Å². The highest BCUT2D eigenvalue weighted by Gasteiger charge is 2.27. The number of benzene rings is 1. The molecule has 1 fully saturated rings. The van der Waals surface area contributed by atoms with Crippen molar-refractivity contribution in [3.63, 3.8) is 0 Å². The molecule has 0 spiro atoms. The number of Topliss-reactive ketones (excluding diaryl/α,β-unsaturated/α-hetero) is 1. The number of rotatable bonds is 2. The summed E-state index contributed by atoms with van der Waals surface area (Å²) in [7, 11) is 0. The molecule has 1 unspecified atom stereocenters. The van der Waals surface area contributed by atoms with E-state index >= 15 is 0 Å². The molecule has 1 aromatic rings. The van der Waals surface area contributed by atoms with Gasteiger partial charge in [0.1, 0.15) is 11.6 Å². The third-order valence-corrected chi connectivity index (χ3v) is 4.06. The molecule has 1 saturated heterocycles. The Morgan fingerprint density at radius 2 is 1.94 bits per heavy atom. The van der Waals surface area contributed by atoms with Crippen LogP contribution in [0.15, 0.2) is 18.2 Å². The maximum atomic E-state index is 13.4. The van der Waals surface area contributed by atoms with Crippen molar-refractivity contribution in [2.45, 2.75) is 24.5 Å². The highest BCUT2D eigenvalue weighted by molar-refractivity contribution is 8.00. The number of hydrogen-bond acceptors (Lipinski definition) is 2. The highest BCUT2D eigenvalue weighted by atomic mass is 32.2. The van der Waals surface area contributed by atoms with Gasteiger partial charge in [0, 0.05) is 0 Å². The van der Waals surface area contributed by atoms with Crippen molar-refractivity contribution in [2.24, 2.45) is 0 Å². The normalized spacial score (nSPS) is 20.8. The average Bonchev–Trinajstić information content (AvgIpc) is 2.30. The molecule has 0 aliphatic carbocycles. The molecule has 1 aliphatic heterocycles. The van der Waals surface area contributed by atoms with E-state index in [2.05, 4.69) is 0 Å². The summed E-state index contributed by atoms with van der Waals surface area (Å²) in [6, 6.07) is 3.53. The lowest BCUT2D eigenvalue weighted by atomic mass is 10.0. The van der Waals surface area contributed by atoms with Crippen LogP contribution in [-0.2, 0) is 0 Å². The van der Waals surface area contributed by atoms with E-state index in [9.17, 15) is 13.6 Å². The number of ketones is 1. The zero-order chi connectivity index (χ0) is 11.5. The first-order chi connectivity index (χ1) is 7.70. The van der Waals surface area contributed by atoms with Crippen molar-refractivity contribution in [3.8, 4) is 0 Å². The van der Waals surface area contributed by atoms with Gasteiger partial charge in [-0.3, -0.25) is 4.79 Å². The molecule has 1 heterocycles. The second-order valence-electron chi connectivity index (χ2n) is 3.82. The van der Waals surface area contributed by atoms with E-state index in [-0.39, 0.29) is 10.8 Å². The van der Waals surface area contributed by atoms with Gasteiger partial charge < -0.3 is 0 Å². The minimum Gasteiger partial charge on any atom is -0.293 e. The Bertz CT molecular complexity index is 380. The van der Waals surface area contributed by atoms with Crippen LogP contribution in [0.25, 0.3) is 0 Å². The predicted molar refractivity (Wildman–Crippen MR) is 60.8 cm³/mol. The van der Waals surface area contributed by atoms with Gasteiger partial charge in [0.2, 0.25) is 0 Å². The van der Waals surface area contributed by atoms with Crippen LogP contribution in [0.3, 0.4) is 0 Å². The molecule has 4 heteroatoms. The lowest BCUT2D eigenvalue weighted by Gasteiger charge is -2.20. The lowest BCUT2D eigenvalue weighted by molar-refractivity contribution is 0.0976. The van der Waals surface area contributed by atoms with E-state index in [1.54, 1.807) is 0 Å². The first-order valence-electron chi connectivity index (χ1n) is 5.30. The van der Waals surface area contributed by atoms with Crippen LogP contribution >= 0.6 is 11.8 Å². The van der Waals surface area contributed by atoms with Crippen molar-refractivity contribution >= 4 is 17.5 Å². The lowest BCUT2D eigenvalue weighted by Crippen LogP contribution is -2.23. The maximum Gasteiger partial charge on any atom is 0.181 e. The van der Waals surface area contributed by atoms with Gasteiger partial charge in [-0.05, 0) is 30.7 Å². The highest BCUT2D eigenvalue weighted by Crippen LogP contribution is 2.29. The summed E-state index contributed by atoms with van der Waals surface area (Å²) in [6.45, 7) is 0. The maximum absolute atomic E-state index is 13.4. The number of hydrogen-bond donors (Lipinski definition) is 0. The van der Waals surface area contributed by atoms with Crippen LogP contribution in [0.2, 0.25) is 0 Å². The van der Waals surface area contributed by atoms with Gasteiger partial charge in [-0.15, -0.1) is 0 Å². The predicted octanol–water partition coefficient (Wildman–Crippen LogP) is 3.43. The molecule has 1 aromatic carbocycles. The van der Waals surface area contributed by atoms with Gasteiger partial charge in [0.15, 0.2) is 5.78 Å². The summed E-state index contributed by atoms with van der Waals surface area (Å²) in [5, 5.41) is -0.278. The molecule has 0 bridgehead atoms. The van der Waals surface area contributed by atoms with Crippen molar-refractivity contribution in [1.29, 1.82) is 0 Å². The first kappa shape index (κ1) is 11.6. The van der Waals surface area contributed by atoms with Crippen LogP contribution in [-0.4, -0.2) is 16.8 Å². The fraction of sp³-hybridized carbons (Fsp3) is 0.417. The largest absolute Gasteiger partial charge is 0.293 e. The topological polar surface area (TPSA) is 17.1 Å². The fourth-order valence-electron chi connectivity index (χ4n) is 1.84. The molecule has 2 rings (SSSR count). The van der Waals surface area contributed by atoms with E-state index in [1.807, 2.05) is 0 Å². The Morgan fingerprint density at radius 1 is 1.25 bits per heavy atom. The van der Waals surface area contributed by atoms with Crippen molar-refractivity contribution in [1.82, 2.24) is 0 Å². The van der Waals surface area contributed by atoms with Crippen LogP contribution in [0, 0.1) is 11.6 Å². The van der Waals surface area contributed by atoms with Gasteiger partial charge >= 0.3 is 0 Å². The number of carbonyl (C=O) groups is 1. The van der Waals surface area contributed by atoms with E-state index in [0.717, 1.165) is 37.1 Å². The standard InChI is InChI=1S/C12H12F2OS/c13-8-4-3-5-9(14)11(8)12(15)10-6-1-2-7-16-10/h3-5,10H,1-2,6-7H2. The number of halogens is 2. The van der Waals surface area contributed by atoms with Gasteiger partial charge in [-0.25, -0.2) is 8.78 Å². The van der Waals surface area contributed by atoms with Crippen LogP contribution < -0.4 is 0 Å². The Kier molecular flexibility index (Phi) is 3.59. The fourth-order valence-corrected chi connectivity index (χ4v) is 3.10. The SMILES string of the molecule is O=C(c1c(F)cccc1F)C1CCCCS1. The number of carbonyl (C=O) groups excluding carboxylic acids is 1. The smallest absolute Gasteiger partial charge is 0.181 e. The Hall–Kier alpha value is -0.900. The molecule has 1 aliphatic rings. The molecule has 1 atom stereocenters. The Balaban J connectivity index is 2.26. The quantitative estimate of drug-likeness (QED) is 0.739. The molecule has 0 aromatic heterocycles. The van der Waals surface area contributed by atoms with Crippen molar-refractivity contribution in [3.05, 3.63) is 35.4 Å². The zero-order valence-corrected chi connectivity index (χ0v) is 9.53. The third kappa shape index (κ3) is 2.26. The number of thioether (sulfide) groups is 1. The molecule has 0 amide bonds. The second kappa shape index (κ2) is 4.95. The first-order valence-corrected chi connectivity index (χ1v) is 6.35. The Morgan fingerprint density at radius 3 is 2.50 bits per heavy atom. The molecule has 0 N–H and O–H groups in total. The van der Waals surface area contributed by atoms with Gasteiger partial charge in [-0.1, -0.05) is 12.5 Å². The molecule has 16 heavy (non-hydrogen) atoms. The second-order valence-corrected chi connectivity index (χ2v) is 5.13. The summed E-state index contributed by atoms with van der Waals surface area (Å²) in [5.41, 5.74) is -0.373. The minimum absolute atomic E-state index is 0.278. The van der Waals surface area contributed by atoms with Crippen molar-refractivity contribution < 1.29 is 13.6 Å². The van der Waals surface area contributed by atoms with E-state index in [0.29, 0.717) is 0 Å². The van der Waals surface area contributed by atoms with Gasteiger partial charge in [0.25, 0.3) is 0 Å². The summed E-state index contributed by atoms with van der Waals surface area (Å²) in [4.78, 5) is 11.9. The summed E-state index contributed by atoms with van der Waals surface area (Å²) >= 11 is 1.50. The van der Waals surface area contributed by atoms with Crippen LogP contribution in [0.4, 0.5) is 8.78 Å². The molecule has 0 saturated carbocycles. The third-order valence-electron chi connectivity index (χ3n) is 2.68. The van der Waals surface area contributed by atoms with Crippen molar-refractivity contribution in [2.75, 3.05) is 5.75 Å². The zero-order valence-electron chi connectivity index (χ0n) is 8.71. The molecule has 0 radical (unpaired) electrons. The van der Waals surface area contributed by atoms with E-state index in [1.165, 1.54) is 17.8 Å². The van der Waals surface area contributed by atoms with Gasteiger partial charge in [-0.2, -0.15) is 11.8 Å².